The Morgan fingerprint density at radius 3 is 2.55 bits per heavy atom. The minimum atomic E-state index is -0.513. The van der Waals surface area contributed by atoms with Gasteiger partial charge in [-0.25, -0.2) is 4.79 Å². The fourth-order valence-electron chi connectivity index (χ4n) is 6.18. The molecule has 1 aromatic rings. The zero-order valence-corrected chi connectivity index (χ0v) is 20.0. The number of nitrogens with zero attached hydrogens (tertiary/aromatic N) is 1. The first-order chi connectivity index (χ1) is 14.4. The molecule has 1 aliphatic heterocycles. The van der Waals surface area contributed by atoms with E-state index in [4.69, 9.17) is 4.74 Å². The molecule has 2 fully saturated rings. The Morgan fingerprint density at radius 1 is 1.13 bits per heavy atom. The average Bonchev–Trinajstić information content (AvgIpc) is 3.11. The molecule has 0 radical (unpaired) electrons. The molecule has 3 aliphatic rings. The van der Waals surface area contributed by atoms with Crippen molar-refractivity contribution in [1.82, 2.24) is 10.2 Å². The third-order valence-electron chi connectivity index (χ3n) is 8.29. The van der Waals surface area contributed by atoms with Gasteiger partial charge in [0.1, 0.15) is 5.60 Å². The van der Waals surface area contributed by atoms with Gasteiger partial charge in [-0.3, -0.25) is 4.79 Å². The molecule has 1 N–H and O–H groups in total. The summed E-state index contributed by atoms with van der Waals surface area (Å²) in [5.41, 5.74) is 2.44. The molecule has 0 aromatic heterocycles. The molecular weight excluding hydrogens is 388 g/mol. The predicted octanol–water partition coefficient (Wildman–Crippen LogP) is 4.82. The predicted molar refractivity (Wildman–Crippen MR) is 122 cm³/mol. The maximum absolute atomic E-state index is 13.6. The van der Waals surface area contributed by atoms with Gasteiger partial charge in [0.25, 0.3) is 0 Å². The van der Waals surface area contributed by atoms with E-state index in [1.807, 2.05) is 20.8 Å². The molecule has 1 aromatic carbocycles. The molecule has 0 unspecified atom stereocenters. The van der Waals surface area contributed by atoms with Crippen molar-refractivity contribution in [2.45, 2.75) is 96.7 Å². The number of rotatable bonds is 2. The van der Waals surface area contributed by atoms with Gasteiger partial charge in [-0.1, -0.05) is 45.0 Å². The van der Waals surface area contributed by atoms with Gasteiger partial charge in [-0.05, 0) is 69.4 Å². The number of ether oxygens (including phenoxy) is 1. The molecule has 2 bridgehead atoms. The molecule has 0 spiro atoms. The summed E-state index contributed by atoms with van der Waals surface area (Å²) < 4.78 is 5.39. The van der Waals surface area contributed by atoms with Crippen LogP contribution in [0.5, 0.6) is 0 Å². The van der Waals surface area contributed by atoms with E-state index in [-0.39, 0.29) is 40.8 Å². The lowest BCUT2D eigenvalue weighted by Crippen LogP contribution is -2.65. The minimum Gasteiger partial charge on any atom is -0.444 e. The molecule has 31 heavy (non-hydrogen) atoms. The van der Waals surface area contributed by atoms with Crippen molar-refractivity contribution >= 4 is 12.0 Å². The number of hydrogen-bond donors (Lipinski definition) is 1. The largest absolute Gasteiger partial charge is 0.444 e. The van der Waals surface area contributed by atoms with Crippen LogP contribution in [0.1, 0.15) is 78.4 Å². The Labute approximate surface area is 186 Å². The van der Waals surface area contributed by atoms with E-state index in [1.165, 1.54) is 11.1 Å². The van der Waals surface area contributed by atoms with Gasteiger partial charge in [0.2, 0.25) is 5.91 Å². The highest BCUT2D eigenvalue weighted by molar-refractivity contribution is 5.80. The van der Waals surface area contributed by atoms with Crippen molar-refractivity contribution < 1.29 is 14.3 Å². The van der Waals surface area contributed by atoms with Crippen LogP contribution in [0.2, 0.25) is 0 Å². The van der Waals surface area contributed by atoms with Crippen LogP contribution in [0, 0.1) is 11.3 Å². The summed E-state index contributed by atoms with van der Waals surface area (Å²) in [4.78, 5) is 28.0. The number of carbonyl (C=O) groups is 2. The van der Waals surface area contributed by atoms with E-state index in [9.17, 15) is 9.59 Å². The normalized spacial score (nSPS) is 31.7. The summed E-state index contributed by atoms with van der Waals surface area (Å²) in [5, 5.41) is 2.97. The zero-order valence-electron chi connectivity index (χ0n) is 20.0. The highest BCUT2D eigenvalue weighted by atomic mass is 16.6. The first-order valence-electron chi connectivity index (χ1n) is 11.8. The maximum atomic E-state index is 13.6. The number of nitrogens with one attached hydrogen (secondary N) is 1. The smallest absolute Gasteiger partial charge is 0.407 e. The molecule has 5 nitrogen and oxygen atoms in total. The van der Waals surface area contributed by atoms with Crippen LogP contribution in [0.4, 0.5) is 4.79 Å². The van der Waals surface area contributed by atoms with Crippen LogP contribution in [-0.2, 0) is 21.4 Å². The SMILES string of the molecule is CC(C)(C)OC(=O)N[C@@H]1CC[C@@H](C(=O)N2CC[C@@]3(C)c4ccccc4C[C@@H]2C3(C)C)C1. The van der Waals surface area contributed by atoms with Crippen LogP contribution in [-0.4, -0.2) is 41.1 Å². The first kappa shape index (κ1) is 22.2. The topological polar surface area (TPSA) is 58.6 Å². The second-order valence-electron chi connectivity index (χ2n) is 11.6. The van der Waals surface area contributed by atoms with Crippen molar-refractivity contribution in [1.29, 1.82) is 0 Å². The van der Waals surface area contributed by atoms with E-state index in [1.54, 1.807) is 0 Å². The third-order valence-corrected chi connectivity index (χ3v) is 8.29. The van der Waals surface area contributed by atoms with E-state index >= 15 is 0 Å². The second kappa shape index (κ2) is 7.53. The summed E-state index contributed by atoms with van der Waals surface area (Å²) in [6.07, 6.45) is 3.90. The Kier molecular flexibility index (Phi) is 5.38. The Morgan fingerprint density at radius 2 is 1.84 bits per heavy atom. The number of amides is 2. The Balaban J connectivity index is 1.47. The lowest BCUT2D eigenvalue weighted by atomic mass is 9.51. The maximum Gasteiger partial charge on any atom is 0.407 e. The number of alkyl carbamates (subject to hydrolysis) is 1. The Bertz CT molecular complexity index is 872. The molecule has 2 amide bonds. The van der Waals surface area contributed by atoms with Crippen molar-refractivity contribution in [2.24, 2.45) is 11.3 Å². The average molecular weight is 427 g/mol. The Hall–Kier alpha value is -2.04. The lowest BCUT2D eigenvalue weighted by molar-refractivity contribution is -0.148. The molecule has 170 valence electrons. The third kappa shape index (κ3) is 3.85. The number of fused-ring (bicyclic) bond motifs is 4. The van der Waals surface area contributed by atoms with E-state index in [0.29, 0.717) is 6.42 Å². The van der Waals surface area contributed by atoms with Crippen molar-refractivity contribution in [3.8, 4) is 0 Å². The van der Waals surface area contributed by atoms with Gasteiger partial charge in [0, 0.05) is 30.0 Å². The molecule has 1 saturated carbocycles. The summed E-state index contributed by atoms with van der Waals surface area (Å²) in [6.45, 7) is 13.5. The van der Waals surface area contributed by atoms with Gasteiger partial charge in [0.05, 0.1) is 0 Å². The van der Waals surface area contributed by atoms with Crippen LogP contribution in [0.15, 0.2) is 24.3 Å². The number of piperidine rings is 1. The van der Waals surface area contributed by atoms with Gasteiger partial charge in [-0.15, -0.1) is 0 Å². The fraction of sp³-hybridized carbons (Fsp3) is 0.692. The van der Waals surface area contributed by atoms with Gasteiger partial charge in [0.15, 0.2) is 0 Å². The van der Waals surface area contributed by atoms with Crippen molar-refractivity contribution in [3.63, 3.8) is 0 Å². The highest BCUT2D eigenvalue weighted by Gasteiger charge is 2.57. The van der Waals surface area contributed by atoms with Gasteiger partial charge in [-0.2, -0.15) is 0 Å². The van der Waals surface area contributed by atoms with Gasteiger partial charge < -0.3 is 15.0 Å². The van der Waals surface area contributed by atoms with Gasteiger partial charge >= 0.3 is 6.09 Å². The quantitative estimate of drug-likeness (QED) is 0.737. The van der Waals surface area contributed by atoms with E-state index in [0.717, 1.165) is 32.2 Å². The summed E-state index contributed by atoms with van der Waals surface area (Å²) >= 11 is 0. The number of hydrogen-bond acceptors (Lipinski definition) is 3. The van der Waals surface area contributed by atoms with E-state index < -0.39 is 5.60 Å². The molecule has 4 rings (SSSR count). The zero-order chi connectivity index (χ0) is 22.6. The first-order valence-corrected chi connectivity index (χ1v) is 11.8. The summed E-state index contributed by atoms with van der Waals surface area (Å²) in [5.74, 6) is 0.255. The molecule has 2 aliphatic carbocycles. The fourth-order valence-corrected chi connectivity index (χ4v) is 6.18. The van der Waals surface area contributed by atoms with Crippen LogP contribution in [0.3, 0.4) is 0 Å². The summed E-state index contributed by atoms with van der Waals surface area (Å²) in [6, 6.07) is 9.01. The van der Waals surface area contributed by atoms with Crippen LogP contribution < -0.4 is 5.32 Å². The molecule has 1 saturated heterocycles. The molecule has 4 atom stereocenters. The standard InChI is InChI=1S/C26H38N2O3/c1-24(2,3)31-23(30)27-19-12-11-18(15-19)22(29)28-14-13-26(6)20-10-8-7-9-17(20)16-21(28)25(26,4)5/h7-10,18-19,21H,11-16H2,1-6H3,(H,27,30)/t18-,19-,21-,26+/m1/s1. The number of carbonyl (C=O) groups excluding carboxylic acids is 2. The summed E-state index contributed by atoms with van der Waals surface area (Å²) in [7, 11) is 0. The monoisotopic (exact) mass is 426 g/mol. The molecular formula is C26H38N2O3. The molecule has 1 heterocycles. The van der Waals surface area contributed by atoms with Crippen LogP contribution in [0.25, 0.3) is 0 Å². The van der Waals surface area contributed by atoms with Crippen molar-refractivity contribution in [3.05, 3.63) is 35.4 Å². The van der Waals surface area contributed by atoms with Crippen LogP contribution >= 0.6 is 0 Å². The number of likely N-dealkylation sites (tertiary alicyclic amines) is 1. The highest BCUT2D eigenvalue weighted by Crippen LogP contribution is 2.56. The minimum absolute atomic E-state index is 0.0129. The van der Waals surface area contributed by atoms with E-state index in [2.05, 4.69) is 55.3 Å². The lowest BCUT2D eigenvalue weighted by Gasteiger charge is -2.61. The number of benzene rings is 1. The second-order valence-corrected chi connectivity index (χ2v) is 11.6. The van der Waals surface area contributed by atoms with Crippen molar-refractivity contribution in [2.75, 3.05) is 6.54 Å². The molecule has 5 heteroatoms.